The number of hydrogen-bond donors (Lipinski definition) is 0. The summed E-state index contributed by atoms with van der Waals surface area (Å²) >= 11 is 3.33. The van der Waals surface area contributed by atoms with Crippen molar-refractivity contribution in [3.05, 3.63) is 68.8 Å². The van der Waals surface area contributed by atoms with E-state index in [1.54, 1.807) is 29.0 Å². The minimum absolute atomic E-state index is 0.0787. The largest absolute Gasteiger partial charge is 0.307 e. The number of pyridine rings is 1. The van der Waals surface area contributed by atoms with E-state index in [9.17, 15) is 9.18 Å². The van der Waals surface area contributed by atoms with Crippen molar-refractivity contribution >= 4 is 15.9 Å². The Hall–Kier alpha value is -1.42. The Morgan fingerprint density at radius 2 is 1.82 bits per heavy atom. The lowest BCUT2D eigenvalue weighted by atomic mass is 10.1. The average molecular weight is 296 g/mol. The minimum atomic E-state index is -0.275. The second kappa shape index (κ2) is 4.84. The number of hydrogen-bond acceptors (Lipinski definition) is 1. The van der Waals surface area contributed by atoms with Gasteiger partial charge in [0.15, 0.2) is 0 Å². The maximum absolute atomic E-state index is 12.8. The Labute approximate surface area is 107 Å². The summed E-state index contributed by atoms with van der Waals surface area (Å²) in [6, 6.07) is 9.26. The standard InChI is InChI=1S/C13H11BrFNO/c1-9(10-2-5-12(15)6-3-10)16-8-11(14)4-7-13(16)17/h2-9H,1H3. The van der Waals surface area contributed by atoms with Crippen LogP contribution in [-0.4, -0.2) is 4.57 Å². The first kappa shape index (κ1) is 12.0. The van der Waals surface area contributed by atoms with E-state index < -0.39 is 0 Å². The van der Waals surface area contributed by atoms with Crippen LogP contribution < -0.4 is 5.56 Å². The van der Waals surface area contributed by atoms with Crippen molar-refractivity contribution in [2.45, 2.75) is 13.0 Å². The Bertz CT molecular complexity index is 577. The van der Waals surface area contributed by atoms with Crippen LogP contribution in [0, 0.1) is 5.82 Å². The summed E-state index contributed by atoms with van der Waals surface area (Å²) in [5.41, 5.74) is 0.816. The molecule has 0 fully saturated rings. The Morgan fingerprint density at radius 3 is 2.47 bits per heavy atom. The Morgan fingerprint density at radius 1 is 1.18 bits per heavy atom. The summed E-state index contributed by atoms with van der Waals surface area (Å²) in [5.74, 6) is -0.275. The van der Waals surface area contributed by atoms with E-state index in [2.05, 4.69) is 15.9 Å². The number of rotatable bonds is 2. The van der Waals surface area contributed by atoms with Crippen molar-refractivity contribution < 1.29 is 4.39 Å². The average Bonchev–Trinajstić information content (AvgIpc) is 2.32. The summed E-state index contributed by atoms with van der Waals surface area (Å²) in [6.45, 7) is 1.90. The molecule has 0 aliphatic rings. The summed E-state index contributed by atoms with van der Waals surface area (Å²) in [4.78, 5) is 11.7. The van der Waals surface area contributed by atoms with Crippen LogP contribution in [0.15, 0.2) is 51.9 Å². The molecule has 0 aliphatic heterocycles. The quantitative estimate of drug-likeness (QED) is 0.833. The van der Waals surface area contributed by atoms with Crippen LogP contribution in [0.4, 0.5) is 4.39 Å². The van der Waals surface area contributed by atoms with Gasteiger partial charge < -0.3 is 4.57 Å². The molecule has 2 nitrogen and oxygen atoms in total. The highest BCUT2D eigenvalue weighted by atomic mass is 79.9. The van der Waals surface area contributed by atoms with Crippen LogP contribution in [0.25, 0.3) is 0 Å². The Kier molecular flexibility index (Phi) is 3.43. The molecule has 0 saturated carbocycles. The van der Waals surface area contributed by atoms with Gasteiger partial charge >= 0.3 is 0 Å². The van der Waals surface area contributed by atoms with Crippen LogP contribution in [0.2, 0.25) is 0 Å². The first-order chi connectivity index (χ1) is 8.08. The predicted octanol–water partition coefficient (Wildman–Crippen LogP) is 3.36. The predicted molar refractivity (Wildman–Crippen MR) is 68.6 cm³/mol. The third-order valence-corrected chi connectivity index (χ3v) is 3.14. The van der Waals surface area contributed by atoms with Gasteiger partial charge in [-0.1, -0.05) is 12.1 Å². The summed E-state index contributed by atoms with van der Waals surface area (Å²) in [6.07, 6.45) is 1.73. The lowest BCUT2D eigenvalue weighted by Gasteiger charge is -2.15. The van der Waals surface area contributed by atoms with E-state index in [-0.39, 0.29) is 17.4 Å². The molecule has 1 unspecified atom stereocenters. The van der Waals surface area contributed by atoms with Gasteiger partial charge in [0.25, 0.3) is 5.56 Å². The molecule has 4 heteroatoms. The molecule has 0 amide bonds. The van der Waals surface area contributed by atoms with Gasteiger partial charge in [0.1, 0.15) is 5.82 Å². The molecule has 0 saturated heterocycles. The molecule has 2 aromatic rings. The molecule has 0 bridgehead atoms. The van der Waals surface area contributed by atoms with E-state index in [0.717, 1.165) is 10.0 Å². The Balaban J connectivity index is 2.43. The van der Waals surface area contributed by atoms with Crippen molar-refractivity contribution in [1.29, 1.82) is 0 Å². The van der Waals surface area contributed by atoms with Gasteiger partial charge in [-0.25, -0.2) is 4.39 Å². The van der Waals surface area contributed by atoms with Crippen LogP contribution in [0.1, 0.15) is 18.5 Å². The molecule has 0 aliphatic carbocycles. The molecular formula is C13H11BrFNO. The molecule has 1 aromatic carbocycles. The van der Waals surface area contributed by atoms with Gasteiger partial charge in [0.05, 0.1) is 6.04 Å². The normalized spacial score (nSPS) is 12.4. The first-order valence-corrected chi connectivity index (χ1v) is 6.00. The molecule has 1 heterocycles. The monoisotopic (exact) mass is 295 g/mol. The second-order valence-electron chi connectivity index (χ2n) is 3.82. The van der Waals surface area contributed by atoms with Crippen LogP contribution >= 0.6 is 15.9 Å². The second-order valence-corrected chi connectivity index (χ2v) is 4.74. The highest BCUT2D eigenvalue weighted by molar-refractivity contribution is 9.10. The third kappa shape index (κ3) is 2.64. The molecule has 0 radical (unpaired) electrons. The molecule has 2 rings (SSSR count). The molecule has 88 valence electrons. The molecule has 17 heavy (non-hydrogen) atoms. The topological polar surface area (TPSA) is 22.0 Å². The highest BCUT2D eigenvalue weighted by Gasteiger charge is 2.09. The number of halogens is 2. The number of nitrogens with zero attached hydrogens (tertiary/aromatic N) is 1. The zero-order valence-corrected chi connectivity index (χ0v) is 10.8. The third-order valence-electron chi connectivity index (χ3n) is 2.67. The maximum Gasteiger partial charge on any atom is 0.251 e. The fourth-order valence-corrected chi connectivity index (χ4v) is 2.03. The van der Waals surface area contributed by atoms with Gasteiger partial charge in [-0.05, 0) is 46.6 Å². The number of aromatic nitrogens is 1. The van der Waals surface area contributed by atoms with Crippen molar-refractivity contribution in [2.24, 2.45) is 0 Å². The molecule has 1 atom stereocenters. The maximum atomic E-state index is 12.8. The van der Waals surface area contributed by atoms with E-state index in [1.807, 2.05) is 6.92 Å². The minimum Gasteiger partial charge on any atom is -0.307 e. The van der Waals surface area contributed by atoms with Crippen LogP contribution in [0.3, 0.4) is 0 Å². The van der Waals surface area contributed by atoms with E-state index in [0.29, 0.717) is 0 Å². The van der Waals surface area contributed by atoms with E-state index in [4.69, 9.17) is 0 Å². The lowest BCUT2D eigenvalue weighted by molar-refractivity contribution is 0.602. The van der Waals surface area contributed by atoms with Gasteiger partial charge in [0, 0.05) is 16.7 Å². The molecule has 0 N–H and O–H groups in total. The summed E-state index contributed by atoms with van der Waals surface area (Å²) < 4.78 is 15.3. The van der Waals surface area contributed by atoms with E-state index >= 15 is 0 Å². The van der Waals surface area contributed by atoms with Gasteiger partial charge in [-0.2, -0.15) is 0 Å². The highest BCUT2D eigenvalue weighted by Crippen LogP contribution is 2.18. The lowest BCUT2D eigenvalue weighted by Crippen LogP contribution is -2.22. The zero-order valence-electron chi connectivity index (χ0n) is 9.23. The number of benzene rings is 1. The van der Waals surface area contributed by atoms with Crippen molar-refractivity contribution in [2.75, 3.05) is 0 Å². The SMILES string of the molecule is CC(c1ccc(F)cc1)n1cc(Br)ccc1=O. The van der Waals surface area contributed by atoms with Gasteiger partial charge in [0.2, 0.25) is 0 Å². The van der Waals surface area contributed by atoms with Gasteiger partial charge in [-0.3, -0.25) is 4.79 Å². The smallest absolute Gasteiger partial charge is 0.251 e. The molecular weight excluding hydrogens is 285 g/mol. The first-order valence-electron chi connectivity index (χ1n) is 5.21. The summed E-state index contributed by atoms with van der Waals surface area (Å²) in [7, 11) is 0. The van der Waals surface area contributed by atoms with Crippen molar-refractivity contribution in [3.8, 4) is 0 Å². The van der Waals surface area contributed by atoms with Crippen LogP contribution in [0.5, 0.6) is 0 Å². The fourth-order valence-electron chi connectivity index (χ4n) is 1.68. The fraction of sp³-hybridized carbons (Fsp3) is 0.154. The molecule has 1 aromatic heterocycles. The van der Waals surface area contributed by atoms with Crippen LogP contribution in [-0.2, 0) is 0 Å². The van der Waals surface area contributed by atoms with Crippen molar-refractivity contribution in [1.82, 2.24) is 4.57 Å². The van der Waals surface area contributed by atoms with Gasteiger partial charge in [-0.15, -0.1) is 0 Å². The molecule has 0 spiro atoms. The summed E-state index contributed by atoms with van der Waals surface area (Å²) in [5, 5.41) is 0. The van der Waals surface area contributed by atoms with E-state index in [1.165, 1.54) is 18.2 Å². The zero-order chi connectivity index (χ0) is 12.4. The van der Waals surface area contributed by atoms with Crippen molar-refractivity contribution in [3.63, 3.8) is 0 Å².